The van der Waals surface area contributed by atoms with Gasteiger partial charge in [0.1, 0.15) is 0 Å². The van der Waals surface area contributed by atoms with Crippen LogP contribution in [0.5, 0.6) is 11.5 Å². The van der Waals surface area contributed by atoms with E-state index in [9.17, 15) is 0 Å². The maximum Gasteiger partial charge on any atom is 0.163 e. The minimum atomic E-state index is 0.627. The van der Waals surface area contributed by atoms with Crippen molar-refractivity contribution in [3.05, 3.63) is 18.2 Å². The smallest absolute Gasteiger partial charge is 0.163 e. The van der Waals surface area contributed by atoms with Gasteiger partial charge in [0.2, 0.25) is 0 Å². The Bertz CT molecular complexity index is 328. The number of benzene rings is 1. The minimum Gasteiger partial charge on any atom is -0.490 e. The lowest BCUT2D eigenvalue weighted by Crippen LogP contribution is -2.08. The van der Waals surface area contributed by atoms with Crippen LogP contribution in [0.25, 0.3) is 0 Å². The lowest BCUT2D eigenvalue weighted by Gasteiger charge is -2.13. The molecule has 0 amide bonds. The highest BCUT2D eigenvalue weighted by Crippen LogP contribution is 2.30. The summed E-state index contributed by atoms with van der Waals surface area (Å²) in [5, 5.41) is 3.25. The van der Waals surface area contributed by atoms with E-state index in [1.165, 1.54) is 0 Å². The second kappa shape index (κ2) is 7.79. The molecule has 4 nitrogen and oxygen atoms in total. The van der Waals surface area contributed by atoms with E-state index in [1.54, 1.807) is 7.11 Å². The molecule has 0 heterocycles. The van der Waals surface area contributed by atoms with Crippen molar-refractivity contribution in [3.63, 3.8) is 0 Å². The van der Waals surface area contributed by atoms with E-state index in [4.69, 9.17) is 14.2 Å². The third kappa shape index (κ3) is 4.53. The zero-order valence-electron chi connectivity index (χ0n) is 10.8. The van der Waals surface area contributed by atoms with Crippen molar-refractivity contribution in [3.8, 4) is 11.5 Å². The van der Waals surface area contributed by atoms with E-state index in [-0.39, 0.29) is 0 Å². The van der Waals surface area contributed by atoms with Crippen molar-refractivity contribution in [1.82, 2.24) is 0 Å². The first-order valence-corrected chi connectivity index (χ1v) is 5.94. The Morgan fingerprint density at radius 1 is 1.06 bits per heavy atom. The fourth-order valence-electron chi connectivity index (χ4n) is 1.46. The van der Waals surface area contributed by atoms with Crippen LogP contribution in [0.15, 0.2) is 18.2 Å². The maximum atomic E-state index is 5.54. The average Bonchev–Trinajstić information content (AvgIpc) is 2.33. The number of hydrogen-bond donors (Lipinski definition) is 1. The minimum absolute atomic E-state index is 0.627. The summed E-state index contributed by atoms with van der Waals surface area (Å²) >= 11 is 0. The lowest BCUT2D eigenvalue weighted by atomic mass is 10.2. The van der Waals surface area contributed by atoms with Crippen LogP contribution in [-0.4, -0.2) is 33.5 Å². The topological polar surface area (TPSA) is 39.7 Å². The van der Waals surface area contributed by atoms with Crippen molar-refractivity contribution in [2.45, 2.75) is 13.8 Å². The molecule has 1 rings (SSSR count). The predicted octanol–water partition coefficient (Wildman–Crippen LogP) is 2.54. The Kier molecular flexibility index (Phi) is 6.25. The highest BCUT2D eigenvalue weighted by molar-refractivity contribution is 5.54. The molecule has 0 unspecified atom stereocenters. The fraction of sp³-hybridized carbons (Fsp3) is 0.538. The first kappa shape index (κ1) is 13.6. The second-order valence-corrected chi connectivity index (χ2v) is 3.45. The summed E-state index contributed by atoms with van der Waals surface area (Å²) in [6, 6.07) is 5.84. The summed E-state index contributed by atoms with van der Waals surface area (Å²) in [6.45, 7) is 6.63. The molecule has 0 radical (unpaired) electrons. The van der Waals surface area contributed by atoms with Gasteiger partial charge in [0.15, 0.2) is 11.5 Å². The molecular formula is C13H21NO3. The number of rotatable bonds is 8. The molecule has 0 aliphatic heterocycles. The Labute approximate surface area is 103 Å². The summed E-state index contributed by atoms with van der Waals surface area (Å²) in [4.78, 5) is 0. The number of nitrogens with one attached hydrogen (secondary N) is 1. The standard InChI is InChI=1S/C13H21NO3/c1-4-16-12-7-6-11(14-8-9-15-3)10-13(12)17-5-2/h6-7,10,14H,4-5,8-9H2,1-3H3. The molecule has 0 aliphatic rings. The van der Waals surface area contributed by atoms with Gasteiger partial charge in [0.25, 0.3) is 0 Å². The molecule has 96 valence electrons. The summed E-state index contributed by atoms with van der Waals surface area (Å²) < 4.78 is 16.0. The molecular weight excluding hydrogens is 218 g/mol. The first-order chi connectivity index (χ1) is 8.31. The fourth-order valence-corrected chi connectivity index (χ4v) is 1.46. The summed E-state index contributed by atoms with van der Waals surface area (Å²) in [6.07, 6.45) is 0. The highest BCUT2D eigenvalue weighted by Gasteiger charge is 2.05. The molecule has 1 aromatic carbocycles. The van der Waals surface area contributed by atoms with Crippen molar-refractivity contribution in [1.29, 1.82) is 0 Å². The molecule has 1 N–H and O–H groups in total. The average molecular weight is 239 g/mol. The number of hydrogen-bond acceptors (Lipinski definition) is 4. The Hall–Kier alpha value is -1.42. The zero-order chi connectivity index (χ0) is 12.5. The Balaban J connectivity index is 2.70. The first-order valence-electron chi connectivity index (χ1n) is 5.94. The largest absolute Gasteiger partial charge is 0.490 e. The number of anilines is 1. The van der Waals surface area contributed by atoms with Crippen molar-refractivity contribution in [2.75, 3.05) is 38.8 Å². The Morgan fingerprint density at radius 3 is 2.41 bits per heavy atom. The van der Waals surface area contributed by atoms with Gasteiger partial charge in [-0.25, -0.2) is 0 Å². The normalized spacial score (nSPS) is 10.1. The number of methoxy groups -OCH3 is 1. The molecule has 0 atom stereocenters. The molecule has 0 saturated carbocycles. The molecule has 4 heteroatoms. The maximum absolute atomic E-state index is 5.54. The molecule has 1 aromatic rings. The van der Waals surface area contributed by atoms with E-state index in [2.05, 4.69) is 5.32 Å². The van der Waals surface area contributed by atoms with Gasteiger partial charge in [0, 0.05) is 25.4 Å². The molecule has 0 aromatic heterocycles. The van der Waals surface area contributed by atoms with E-state index in [0.29, 0.717) is 19.8 Å². The van der Waals surface area contributed by atoms with Gasteiger partial charge >= 0.3 is 0 Å². The van der Waals surface area contributed by atoms with Crippen LogP contribution in [0.1, 0.15) is 13.8 Å². The van der Waals surface area contributed by atoms with Gasteiger partial charge in [-0.15, -0.1) is 0 Å². The number of ether oxygens (including phenoxy) is 3. The van der Waals surface area contributed by atoms with E-state index < -0.39 is 0 Å². The molecule has 0 saturated heterocycles. The monoisotopic (exact) mass is 239 g/mol. The highest BCUT2D eigenvalue weighted by atomic mass is 16.5. The third-order valence-electron chi connectivity index (χ3n) is 2.18. The second-order valence-electron chi connectivity index (χ2n) is 3.45. The summed E-state index contributed by atoms with van der Waals surface area (Å²) in [5.41, 5.74) is 1.01. The molecule has 0 spiro atoms. The van der Waals surface area contributed by atoms with Gasteiger partial charge < -0.3 is 19.5 Å². The summed E-state index contributed by atoms with van der Waals surface area (Å²) in [5.74, 6) is 1.56. The molecule has 17 heavy (non-hydrogen) atoms. The van der Waals surface area contributed by atoms with E-state index in [0.717, 1.165) is 23.7 Å². The van der Waals surface area contributed by atoms with Gasteiger partial charge in [-0.05, 0) is 26.0 Å². The van der Waals surface area contributed by atoms with E-state index >= 15 is 0 Å². The zero-order valence-corrected chi connectivity index (χ0v) is 10.8. The molecule has 0 fully saturated rings. The van der Waals surface area contributed by atoms with Gasteiger partial charge in [0.05, 0.1) is 19.8 Å². The van der Waals surface area contributed by atoms with Crippen LogP contribution in [0.3, 0.4) is 0 Å². The van der Waals surface area contributed by atoms with Crippen LogP contribution in [0.4, 0.5) is 5.69 Å². The van der Waals surface area contributed by atoms with Crippen LogP contribution < -0.4 is 14.8 Å². The molecule has 0 aliphatic carbocycles. The van der Waals surface area contributed by atoms with Crippen LogP contribution in [0, 0.1) is 0 Å². The molecule has 0 bridgehead atoms. The van der Waals surface area contributed by atoms with Crippen LogP contribution >= 0.6 is 0 Å². The van der Waals surface area contributed by atoms with Crippen molar-refractivity contribution < 1.29 is 14.2 Å². The SMILES string of the molecule is CCOc1ccc(NCCOC)cc1OCC. The van der Waals surface area contributed by atoms with Gasteiger partial charge in [-0.1, -0.05) is 0 Å². The third-order valence-corrected chi connectivity index (χ3v) is 2.18. The van der Waals surface area contributed by atoms with Crippen LogP contribution in [0.2, 0.25) is 0 Å². The Morgan fingerprint density at radius 2 is 1.76 bits per heavy atom. The predicted molar refractivity (Wildman–Crippen MR) is 69.1 cm³/mol. The van der Waals surface area contributed by atoms with Gasteiger partial charge in [-0.2, -0.15) is 0 Å². The summed E-state index contributed by atoms with van der Waals surface area (Å²) in [7, 11) is 1.69. The lowest BCUT2D eigenvalue weighted by molar-refractivity contribution is 0.211. The van der Waals surface area contributed by atoms with Crippen LogP contribution in [-0.2, 0) is 4.74 Å². The van der Waals surface area contributed by atoms with E-state index in [1.807, 2.05) is 32.0 Å². The quantitative estimate of drug-likeness (QED) is 0.708. The van der Waals surface area contributed by atoms with Gasteiger partial charge in [-0.3, -0.25) is 0 Å². The van der Waals surface area contributed by atoms with Crippen molar-refractivity contribution in [2.24, 2.45) is 0 Å². The van der Waals surface area contributed by atoms with Crippen molar-refractivity contribution >= 4 is 5.69 Å².